The van der Waals surface area contributed by atoms with Gasteiger partial charge in [-0.15, -0.1) is 0 Å². The Morgan fingerprint density at radius 3 is 2.80 bits per heavy atom. The minimum absolute atomic E-state index is 0.0507. The van der Waals surface area contributed by atoms with E-state index in [9.17, 15) is 0 Å². The second kappa shape index (κ2) is 6.81. The number of amidine groups is 1. The molecule has 0 spiro atoms. The molecule has 0 amide bonds. The zero-order chi connectivity index (χ0) is 14.5. The van der Waals surface area contributed by atoms with Crippen LogP contribution >= 0.6 is 0 Å². The number of aromatic nitrogens is 1. The Labute approximate surface area is 121 Å². The summed E-state index contributed by atoms with van der Waals surface area (Å²) in [5.41, 5.74) is 7.26. The molecule has 5 heteroatoms. The number of nitrogen functional groups attached to an aromatic ring is 1. The SMILES string of the molecule is CCN1CCC(N(C)Cc2cccnc2C(=N)N)CC1. The van der Waals surface area contributed by atoms with E-state index in [2.05, 4.69) is 28.8 Å². The molecule has 0 radical (unpaired) electrons. The maximum absolute atomic E-state index is 7.61. The van der Waals surface area contributed by atoms with E-state index in [4.69, 9.17) is 11.1 Å². The summed E-state index contributed by atoms with van der Waals surface area (Å²) in [6, 6.07) is 4.54. The smallest absolute Gasteiger partial charge is 0.142 e. The summed E-state index contributed by atoms with van der Waals surface area (Å²) in [6.07, 6.45) is 4.11. The highest BCUT2D eigenvalue weighted by Crippen LogP contribution is 2.18. The average Bonchev–Trinajstić information content (AvgIpc) is 2.47. The van der Waals surface area contributed by atoms with Crippen molar-refractivity contribution >= 4 is 5.84 Å². The summed E-state index contributed by atoms with van der Waals surface area (Å²) >= 11 is 0. The molecular formula is C15H25N5. The highest BCUT2D eigenvalue weighted by Gasteiger charge is 2.22. The fourth-order valence-corrected chi connectivity index (χ4v) is 2.88. The van der Waals surface area contributed by atoms with Gasteiger partial charge in [0.25, 0.3) is 0 Å². The van der Waals surface area contributed by atoms with Crippen molar-refractivity contribution in [1.29, 1.82) is 5.41 Å². The predicted molar refractivity (Wildman–Crippen MR) is 81.9 cm³/mol. The molecule has 0 aromatic carbocycles. The molecule has 1 aliphatic heterocycles. The molecule has 2 rings (SSSR count). The number of piperidine rings is 1. The molecule has 1 aromatic heterocycles. The molecule has 110 valence electrons. The van der Waals surface area contributed by atoms with E-state index in [1.165, 1.54) is 25.9 Å². The molecule has 0 saturated carbocycles. The fraction of sp³-hybridized carbons (Fsp3) is 0.600. The van der Waals surface area contributed by atoms with Crippen molar-refractivity contribution in [2.24, 2.45) is 5.73 Å². The molecule has 0 bridgehead atoms. The van der Waals surface area contributed by atoms with Crippen LogP contribution in [0.15, 0.2) is 18.3 Å². The van der Waals surface area contributed by atoms with Crippen molar-refractivity contribution in [3.8, 4) is 0 Å². The molecule has 3 N–H and O–H groups in total. The fourth-order valence-electron chi connectivity index (χ4n) is 2.88. The maximum atomic E-state index is 7.61. The monoisotopic (exact) mass is 275 g/mol. The molecular weight excluding hydrogens is 250 g/mol. The molecule has 1 aromatic rings. The summed E-state index contributed by atoms with van der Waals surface area (Å²) in [5, 5.41) is 7.61. The molecule has 20 heavy (non-hydrogen) atoms. The predicted octanol–water partition coefficient (Wildman–Crippen LogP) is 1.28. The normalized spacial score (nSPS) is 17.6. The molecule has 0 unspecified atom stereocenters. The summed E-state index contributed by atoms with van der Waals surface area (Å²) in [6.45, 7) is 6.53. The van der Waals surface area contributed by atoms with Crippen LogP contribution in [0.3, 0.4) is 0 Å². The summed E-state index contributed by atoms with van der Waals surface area (Å²) < 4.78 is 0. The lowest BCUT2D eigenvalue weighted by molar-refractivity contribution is 0.127. The van der Waals surface area contributed by atoms with Gasteiger partial charge in [-0.2, -0.15) is 0 Å². The van der Waals surface area contributed by atoms with Crippen LogP contribution in [-0.4, -0.2) is 53.3 Å². The summed E-state index contributed by atoms with van der Waals surface area (Å²) in [5.74, 6) is 0.0507. The maximum Gasteiger partial charge on any atom is 0.142 e. The van der Waals surface area contributed by atoms with Gasteiger partial charge in [0.1, 0.15) is 11.5 Å². The first kappa shape index (κ1) is 14.9. The van der Waals surface area contributed by atoms with Gasteiger partial charge in [0.2, 0.25) is 0 Å². The van der Waals surface area contributed by atoms with Gasteiger partial charge in [-0.25, -0.2) is 0 Å². The van der Waals surface area contributed by atoms with Crippen molar-refractivity contribution in [2.75, 3.05) is 26.7 Å². The average molecular weight is 275 g/mol. The van der Waals surface area contributed by atoms with E-state index in [1.54, 1.807) is 6.20 Å². The molecule has 1 aliphatic rings. The largest absolute Gasteiger partial charge is 0.382 e. The Bertz CT molecular complexity index is 451. The van der Waals surface area contributed by atoms with Gasteiger partial charge in [-0.05, 0) is 51.2 Å². The zero-order valence-electron chi connectivity index (χ0n) is 12.5. The molecule has 1 fully saturated rings. The van der Waals surface area contributed by atoms with Gasteiger partial charge < -0.3 is 10.6 Å². The Balaban J connectivity index is 1.98. The minimum atomic E-state index is 0.0507. The highest BCUT2D eigenvalue weighted by atomic mass is 15.2. The first-order valence-corrected chi connectivity index (χ1v) is 7.32. The van der Waals surface area contributed by atoms with E-state index in [-0.39, 0.29) is 5.84 Å². The highest BCUT2D eigenvalue weighted by molar-refractivity contribution is 5.94. The van der Waals surface area contributed by atoms with Crippen LogP contribution < -0.4 is 5.73 Å². The van der Waals surface area contributed by atoms with E-state index < -0.39 is 0 Å². The molecule has 2 heterocycles. The van der Waals surface area contributed by atoms with Gasteiger partial charge in [0, 0.05) is 18.8 Å². The topological polar surface area (TPSA) is 69.2 Å². The standard InChI is InChI=1S/C15H25N5/c1-3-20-9-6-13(7-10-20)19(2)11-12-5-4-8-18-14(12)15(16)17/h4-5,8,13H,3,6-7,9-11H2,1-2H3,(H3,16,17). The van der Waals surface area contributed by atoms with E-state index in [0.29, 0.717) is 11.7 Å². The van der Waals surface area contributed by atoms with Crippen molar-refractivity contribution in [2.45, 2.75) is 32.4 Å². The number of likely N-dealkylation sites (tertiary alicyclic amines) is 1. The molecule has 1 saturated heterocycles. The lowest BCUT2D eigenvalue weighted by Gasteiger charge is -2.36. The summed E-state index contributed by atoms with van der Waals surface area (Å²) in [7, 11) is 2.16. The second-order valence-electron chi connectivity index (χ2n) is 5.51. The van der Waals surface area contributed by atoms with Crippen molar-refractivity contribution in [1.82, 2.24) is 14.8 Å². The third-order valence-corrected chi connectivity index (χ3v) is 4.19. The van der Waals surface area contributed by atoms with E-state index >= 15 is 0 Å². The van der Waals surface area contributed by atoms with E-state index in [1.807, 2.05) is 12.1 Å². The Morgan fingerprint density at radius 1 is 1.50 bits per heavy atom. The molecule has 0 atom stereocenters. The van der Waals surface area contributed by atoms with Crippen molar-refractivity contribution < 1.29 is 0 Å². The van der Waals surface area contributed by atoms with Crippen LogP contribution in [0, 0.1) is 5.41 Å². The van der Waals surface area contributed by atoms with Gasteiger partial charge in [0.05, 0.1) is 0 Å². The summed E-state index contributed by atoms with van der Waals surface area (Å²) in [4.78, 5) is 9.08. The van der Waals surface area contributed by atoms with Crippen LogP contribution in [0.5, 0.6) is 0 Å². The zero-order valence-corrected chi connectivity index (χ0v) is 12.5. The van der Waals surface area contributed by atoms with Gasteiger partial charge in [-0.1, -0.05) is 13.0 Å². The van der Waals surface area contributed by atoms with Gasteiger partial charge in [-0.3, -0.25) is 15.3 Å². The second-order valence-corrected chi connectivity index (χ2v) is 5.51. The van der Waals surface area contributed by atoms with Crippen molar-refractivity contribution in [3.63, 3.8) is 0 Å². The van der Waals surface area contributed by atoms with Crippen LogP contribution in [0.2, 0.25) is 0 Å². The van der Waals surface area contributed by atoms with Crippen LogP contribution in [0.4, 0.5) is 0 Å². The Kier molecular flexibility index (Phi) is 5.09. The number of hydrogen-bond acceptors (Lipinski definition) is 4. The lowest BCUT2D eigenvalue weighted by atomic mass is 10.0. The van der Waals surface area contributed by atoms with Gasteiger partial charge in [0.15, 0.2) is 0 Å². The van der Waals surface area contributed by atoms with Crippen LogP contribution in [0.25, 0.3) is 0 Å². The van der Waals surface area contributed by atoms with Crippen LogP contribution in [-0.2, 0) is 6.54 Å². The third-order valence-electron chi connectivity index (χ3n) is 4.19. The lowest BCUT2D eigenvalue weighted by Crippen LogP contribution is -2.43. The number of nitrogens with two attached hydrogens (primary N) is 1. The Morgan fingerprint density at radius 2 is 2.20 bits per heavy atom. The van der Waals surface area contributed by atoms with Crippen LogP contribution in [0.1, 0.15) is 31.0 Å². The number of hydrogen-bond donors (Lipinski definition) is 2. The quantitative estimate of drug-likeness (QED) is 0.627. The first-order valence-electron chi connectivity index (χ1n) is 7.32. The number of pyridine rings is 1. The molecule has 5 nitrogen and oxygen atoms in total. The van der Waals surface area contributed by atoms with Gasteiger partial charge >= 0.3 is 0 Å². The Hall–Kier alpha value is -1.46. The third kappa shape index (κ3) is 3.55. The number of nitrogens with zero attached hydrogens (tertiary/aromatic N) is 3. The number of nitrogens with one attached hydrogen (secondary N) is 1. The van der Waals surface area contributed by atoms with Crippen molar-refractivity contribution in [3.05, 3.63) is 29.6 Å². The number of rotatable bonds is 5. The molecule has 0 aliphatic carbocycles. The first-order chi connectivity index (χ1) is 9.61. The van der Waals surface area contributed by atoms with E-state index in [0.717, 1.165) is 18.7 Å². The minimum Gasteiger partial charge on any atom is -0.382 e.